The molecule has 0 unspecified atom stereocenters. The smallest absolute Gasteiger partial charge is 0.409 e. The molecule has 0 aliphatic heterocycles. The van der Waals surface area contributed by atoms with E-state index in [1.807, 2.05) is 6.07 Å². The fourth-order valence-electron chi connectivity index (χ4n) is 3.68. The van der Waals surface area contributed by atoms with Gasteiger partial charge in [-0.05, 0) is 61.3 Å². The Labute approximate surface area is 153 Å². The number of benzene rings is 1. The normalized spacial score (nSPS) is 21.3. The molecular weight excluding hydrogens is 344 g/mol. The van der Waals surface area contributed by atoms with E-state index in [0.29, 0.717) is 5.92 Å². The Kier molecular flexibility index (Phi) is 7.98. The first-order valence-corrected chi connectivity index (χ1v) is 9.55. The molecule has 0 radical (unpaired) electrons. The van der Waals surface area contributed by atoms with Crippen molar-refractivity contribution in [1.82, 2.24) is 0 Å². The molecule has 1 aliphatic carbocycles. The quantitative estimate of drug-likeness (QED) is 0.267. The van der Waals surface area contributed by atoms with E-state index in [1.54, 1.807) is 0 Å². The summed E-state index contributed by atoms with van der Waals surface area (Å²) in [6.45, 7) is 1.91. The average molecular weight is 372 g/mol. The van der Waals surface area contributed by atoms with Gasteiger partial charge in [-0.3, -0.25) is 0 Å². The number of ether oxygens (including phenoxy) is 1. The van der Waals surface area contributed by atoms with Gasteiger partial charge in [-0.15, -0.1) is 0 Å². The summed E-state index contributed by atoms with van der Waals surface area (Å²) in [5, 5.41) is 0. The molecule has 1 saturated carbocycles. The summed E-state index contributed by atoms with van der Waals surface area (Å²) in [6, 6.07) is 4.85. The maximum atomic E-state index is 14.2. The van der Waals surface area contributed by atoms with Crippen molar-refractivity contribution in [2.24, 2.45) is 5.92 Å². The summed E-state index contributed by atoms with van der Waals surface area (Å²) in [7, 11) is 0. The molecule has 0 atom stereocenters. The Morgan fingerprint density at radius 1 is 1.12 bits per heavy atom. The summed E-state index contributed by atoms with van der Waals surface area (Å²) in [5.41, 5.74) is 0.965. The van der Waals surface area contributed by atoms with Crippen LogP contribution in [-0.4, -0.2) is 12.8 Å². The Morgan fingerprint density at radius 3 is 2.46 bits per heavy atom. The summed E-state index contributed by atoms with van der Waals surface area (Å²) < 4.78 is 55.3. The van der Waals surface area contributed by atoms with Gasteiger partial charge in [0.15, 0.2) is 11.6 Å². The van der Waals surface area contributed by atoms with Gasteiger partial charge < -0.3 is 4.74 Å². The third kappa shape index (κ3) is 7.00. The molecular formula is C21H28F4O. The maximum Gasteiger partial charge on any atom is 0.409 e. The van der Waals surface area contributed by atoms with Gasteiger partial charge in [0.1, 0.15) is 6.61 Å². The molecule has 0 bridgehead atoms. The van der Waals surface area contributed by atoms with Crippen LogP contribution >= 0.6 is 0 Å². The number of unbranched alkanes of at least 4 members (excludes halogenated alkanes) is 2. The molecule has 1 aliphatic rings. The maximum absolute atomic E-state index is 14.2. The van der Waals surface area contributed by atoms with Crippen molar-refractivity contribution in [2.75, 3.05) is 6.61 Å². The molecule has 0 N–H and O–H groups in total. The van der Waals surface area contributed by atoms with Crippen LogP contribution in [0.15, 0.2) is 30.4 Å². The van der Waals surface area contributed by atoms with E-state index in [4.69, 9.17) is 4.74 Å². The standard InChI is InChI=1S/C21H28F4O/c1-2-3-4-6-16-7-9-17(10-8-16)18-11-12-20(19(22)15-18)26-14-5-13-21(23,24)25/h5,11-13,15-17H,2-4,6-10,14H2,1H3/b13-5+/t16-,17-. The van der Waals surface area contributed by atoms with Gasteiger partial charge in [0, 0.05) is 6.08 Å². The lowest BCUT2D eigenvalue weighted by atomic mass is 9.77. The molecule has 26 heavy (non-hydrogen) atoms. The minimum absolute atomic E-state index is 0.00572. The summed E-state index contributed by atoms with van der Waals surface area (Å²) in [6.07, 6.45) is 6.23. The van der Waals surface area contributed by atoms with Crippen molar-refractivity contribution in [2.45, 2.75) is 70.4 Å². The summed E-state index contributed by atoms with van der Waals surface area (Å²) in [4.78, 5) is 0. The molecule has 0 aromatic heterocycles. The Balaban J connectivity index is 1.83. The van der Waals surface area contributed by atoms with E-state index in [1.165, 1.54) is 50.7 Å². The van der Waals surface area contributed by atoms with Crippen molar-refractivity contribution in [3.63, 3.8) is 0 Å². The van der Waals surface area contributed by atoms with Crippen LogP contribution in [0.2, 0.25) is 0 Å². The topological polar surface area (TPSA) is 9.23 Å². The predicted octanol–water partition coefficient (Wildman–Crippen LogP) is 7.18. The molecule has 1 aromatic rings. The van der Waals surface area contributed by atoms with E-state index in [-0.39, 0.29) is 18.4 Å². The zero-order chi connectivity index (χ0) is 19.0. The zero-order valence-electron chi connectivity index (χ0n) is 15.3. The van der Waals surface area contributed by atoms with Crippen LogP contribution in [0.1, 0.15) is 69.8 Å². The van der Waals surface area contributed by atoms with Crippen molar-refractivity contribution >= 4 is 0 Å². The van der Waals surface area contributed by atoms with Crippen molar-refractivity contribution < 1.29 is 22.3 Å². The number of alkyl halides is 3. The van der Waals surface area contributed by atoms with Crippen LogP contribution in [0.3, 0.4) is 0 Å². The third-order valence-electron chi connectivity index (χ3n) is 5.13. The highest BCUT2D eigenvalue weighted by atomic mass is 19.4. The highest BCUT2D eigenvalue weighted by Crippen LogP contribution is 2.38. The first-order valence-electron chi connectivity index (χ1n) is 9.55. The second kappa shape index (κ2) is 9.98. The van der Waals surface area contributed by atoms with E-state index in [2.05, 4.69) is 6.92 Å². The first kappa shape index (κ1) is 20.8. The zero-order valence-corrected chi connectivity index (χ0v) is 15.3. The molecule has 0 saturated heterocycles. The van der Waals surface area contributed by atoms with Gasteiger partial charge in [-0.25, -0.2) is 4.39 Å². The highest BCUT2D eigenvalue weighted by Gasteiger charge is 2.23. The second-order valence-electron chi connectivity index (χ2n) is 7.16. The number of rotatable bonds is 8. The monoisotopic (exact) mass is 372 g/mol. The number of allylic oxidation sites excluding steroid dienone is 1. The Hall–Kier alpha value is -1.52. The molecule has 1 fully saturated rings. The largest absolute Gasteiger partial charge is 0.486 e. The molecule has 1 nitrogen and oxygen atoms in total. The van der Waals surface area contributed by atoms with Crippen LogP contribution in [0, 0.1) is 11.7 Å². The lowest BCUT2D eigenvalue weighted by Crippen LogP contribution is -2.13. The number of halogens is 4. The Bertz CT molecular complexity index is 572. The molecule has 0 heterocycles. The highest BCUT2D eigenvalue weighted by molar-refractivity contribution is 5.31. The minimum Gasteiger partial charge on any atom is -0.486 e. The lowest BCUT2D eigenvalue weighted by Gasteiger charge is -2.29. The van der Waals surface area contributed by atoms with E-state index in [9.17, 15) is 17.6 Å². The van der Waals surface area contributed by atoms with E-state index >= 15 is 0 Å². The van der Waals surface area contributed by atoms with Crippen LogP contribution in [-0.2, 0) is 0 Å². The molecule has 0 spiro atoms. The van der Waals surface area contributed by atoms with Crippen LogP contribution in [0.25, 0.3) is 0 Å². The van der Waals surface area contributed by atoms with Gasteiger partial charge in [0.2, 0.25) is 0 Å². The molecule has 5 heteroatoms. The lowest BCUT2D eigenvalue weighted by molar-refractivity contribution is -0.0801. The van der Waals surface area contributed by atoms with Gasteiger partial charge in [0.25, 0.3) is 0 Å². The average Bonchev–Trinajstić information content (AvgIpc) is 2.60. The first-order chi connectivity index (χ1) is 12.4. The minimum atomic E-state index is -4.37. The van der Waals surface area contributed by atoms with Crippen LogP contribution in [0.4, 0.5) is 17.6 Å². The SMILES string of the molecule is CCCCC[C@H]1CC[C@H](c2ccc(OC/C=C/C(F)(F)F)c(F)c2)CC1. The number of hydrogen-bond acceptors (Lipinski definition) is 1. The van der Waals surface area contributed by atoms with Crippen molar-refractivity contribution in [3.05, 3.63) is 41.7 Å². The summed E-state index contributed by atoms with van der Waals surface area (Å²) >= 11 is 0. The van der Waals surface area contributed by atoms with Crippen LogP contribution in [0.5, 0.6) is 5.75 Å². The van der Waals surface area contributed by atoms with Crippen molar-refractivity contribution in [1.29, 1.82) is 0 Å². The van der Waals surface area contributed by atoms with Gasteiger partial charge in [-0.2, -0.15) is 13.2 Å². The predicted molar refractivity (Wildman–Crippen MR) is 95.9 cm³/mol. The number of hydrogen-bond donors (Lipinski definition) is 0. The third-order valence-corrected chi connectivity index (χ3v) is 5.13. The molecule has 0 amide bonds. The van der Waals surface area contributed by atoms with E-state index < -0.39 is 12.0 Å². The molecule has 146 valence electrons. The van der Waals surface area contributed by atoms with Gasteiger partial charge >= 0.3 is 6.18 Å². The second-order valence-corrected chi connectivity index (χ2v) is 7.16. The Morgan fingerprint density at radius 2 is 1.85 bits per heavy atom. The van der Waals surface area contributed by atoms with Gasteiger partial charge in [0.05, 0.1) is 0 Å². The summed E-state index contributed by atoms with van der Waals surface area (Å²) in [5.74, 6) is 0.651. The molecule has 1 aromatic carbocycles. The van der Waals surface area contributed by atoms with E-state index in [0.717, 1.165) is 30.4 Å². The van der Waals surface area contributed by atoms with Crippen molar-refractivity contribution in [3.8, 4) is 5.75 Å². The fraction of sp³-hybridized carbons (Fsp3) is 0.619. The van der Waals surface area contributed by atoms with Crippen LogP contribution < -0.4 is 4.74 Å². The van der Waals surface area contributed by atoms with Gasteiger partial charge in [-0.1, -0.05) is 38.7 Å². The molecule has 2 rings (SSSR count). The fourth-order valence-corrected chi connectivity index (χ4v) is 3.68.